The van der Waals surface area contributed by atoms with Crippen LogP contribution in [0.25, 0.3) is 0 Å². The summed E-state index contributed by atoms with van der Waals surface area (Å²) in [5.41, 5.74) is 0.852. The summed E-state index contributed by atoms with van der Waals surface area (Å²) in [6, 6.07) is 18.2. The molecule has 0 saturated heterocycles. The highest BCUT2D eigenvalue weighted by Crippen LogP contribution is 2.28. The summed E-state index contributed by atoms with van der Waals surface area (Å²) >= 11 is 0. The van der Waals surface area contributed by atoms with Crippen molar-refractivity contribution in [1.82, 2.24) is 10.2 Å². The molecule has 196 valence electrons. The van der Waals surface area contributed by atoms with E-state index in [0.29, 0.717) is 23.5 Å². The predicted octanol–water partition coefficient (Wildman–Crippen LogP) is 4.24. The summed E-state index contributed by atoms with van der Waals surface area (Å²) < 4.78 is 31.6. The van der Waals surface area contributed by atoms with Crippen molar-refractivity contribution in [3.63, 3.8) is 0 Å². The van der Waals surface area contributed by atoms with Gasteiger partial charge in [0.15, 0.2) is 0 Å². The molecule has 0 fully saturated rings. The lowest BCUT2D eigenvalue weighted by atomic mass is 10.1. The first-order valence-corrected chi connectivity index (χ1v) is 13.4. The Labute approximate surface area is 217 Å². The molecule has 0 radical (unpaired) electrons. The number of rotatable bonds is 11. The molecule has 0 saturated carbocycles. The summed E-state index contributed by atoms with van der Waals surface area (Å²) in [5.74, 6) is 0.0187. The monoisotopic (exact) mass is 524 g/mol. The van der Waals surface area contributed by atoms with Crippen molar-refractivity contribution in [2.24, 2.45) is 0 Å². The molecule has 0 aliphatic carbocycles. The number of likely N-dealkylation sites (N-methyl/N-ethyl adjacent to an activating group) is 1. The molecule has 0 aliphatic rings. The first-order valence-electron chi connectivity index (χ1n) is 12.0. The highest BCUT2D eigenvalue weighted by Gasteiger charge is 2.22. The summed E-state index contributed by atoms with van der Waals surface area (Å²) in [6.45, 7) is 7.18. The Morgan fingerprint density at radius 1 is 0.892 bits per heavy atom. The van der Waals surface area contributed by atoms with Crippen LogP contribution in [0, 0.1) is 0 Å². The van der Waals surface area contributed by atoms with Crippen LogP contribution in [0.4, 0.5) is 16.2 Å². The predicted molar refractivity (Wildman–Crippen MR) is 144 cm³/mol. The maximum absolute atomic E-state index is 13.1. The fourth-order valence-corrected chi connectivity index (χ4v) is 5.17. The Morgan fingerprint density at radius 2 is 1.57 bits per heavy atom. The van der Waals surface area contributed by atoms with E-state index in [9.17, 15) is 18.0 Å². The minimum absolute atomic E-state index is 0.0225. The van der Waals surface area contributed by atoms with Crippen molar-refractivity contribution < 1.29 is 22.7 Å². The Kier molecular flexibility index (Phi) is 9.64. The Bertz CT molecular complexity index is 1330. The smallest absolute Gasteiger partial charge is 0.323 e. The van der Waals surface area contributed by atoms with E-state index in [1.807, 2.05) is 0 Å². The number of carbonyl (C=O) groups excluding carboxylic acids is 2. The van der Waals surface area contributed by atoms with E-state index in [0.717, 1.165) is 19.6 Å². The molecule has 10 heteroatoms. The molecule has 3 rings (SSSR count). The Hall–Kier alpha value is -3.89. The SMILES string of the molecule is CCN(CC)CCNC(=O)c1ccc(NC(=O)Nc2ccccc2S(=O)(=O)c2ccccc2)cc1OC. The van der Waals surface area contributed by atoms with E-state index < -0.39 is 15.9 Å². The number of nitrogens with zero attached hydrogens (tertiary/aromatic N) is 1. The largest absolute Gasteiger partial charge is 0.496 e. The van der Waals surface area contributed by atoms with Gasteiger partial charge in [0.2, 0.25) is 9.84 Å². The number of nitrogens with one attached hydrogen (secondary N) is 3. The molecule has 0 aliphatic heterocycles. The van der Waals surface area contributed by atoms with Gasteiger partial charge < -0.3 is 25.6 Å². The first kappa shape index (κ1) is 27.7. The standard InChI is InChI=1S/C27H32N4O5S/c1-4-31(5-2)18-17-28-26(32)22-16-15-20(19-24(22)36-3)29-27(33)30-23-13-9-10-14-25(23)37(34,35)21-11-7-6-8-12-21/h6-16,19H,4-5,17-18H2,1-3H3,(H,28,32)(H2,29,30,33). The first-order chi connectivity index (χ1) is 17.8. The summed E-state index contributed by atoms with van der Waals surface area (Å²) in [7, 11) is -2.40. The lowest BCUT2D eigenvalue weighted by molar-refractivity contribution is 0.0946. The van der Waals surface area contributed by atoms with E-state index in [1.165, 1.54) is 37.4 Å². The number of benzene rings is 3. The topological polar surface area (TPSA) is 117 Å². The van der Waals surface area contributed by atoms with Gasteiger partial charge in [0, 0.05) is 24.8 Å². The fourth-order valence-electron chi connectivity index (χ4n) is 3.73. The molecule has 0 bridgehead atoms. The van der Waals surface area contributed by atoms with E-state index in [-0.39, 0.29) is 21.4 Å². The minimum Gasteiger partial charge on any atom is -0.496 e. The second-order valence-electron chi connectivity index (χ2n) is 8.09. The Morgan fingerprint density at radius 3 is 2.24 bits per heavy atom. The van der Waals surface area contributed by atoms with Gasteiger partial charge in [0.25, 0.3) is 5.91 Å². The summed E-state index contributed by atoms with van der Waals surface area (Å²) in [4.78, 5) is 27.7. The average molecular weight is 525 g/mol. The van der Waals surface area contributed by atoms with Crippen LogP contribution in [0.1, 0.15) is 24.2 Å². The van der Waals surface area contributed by atoms with Gasteiger partial charge in [-0.1, -0.05) is 44.2 Å². The van der Waals surface area contributed by atoms with Gasteiger partial charge in [-0.2, -0.15) is 0 Å². The normalized spacial score (nSPS) is 11.1. The van der Waals surface area contributed by atoms with E-state index in [1.54, 1.807) is 42.5 Å². The van der Waals surface area contributed by atoms with Crippen LogP contribution in [-0.4, -0.2) is 58.5 Å². The second-order valence-corrected chi connectivity index (χ2v) is 10.0. The average Bonchev–Trinajstić information content (AvgIpc) is 2.91. The van der Waals surface area contributed by atoms with Crippen molar-refractivity contribution >= 4 is 33.2 Å². The summed E-state index contributed by atoms with van der Waals surface area (Å²) in [5, 5.41) is 8.15. The third-order valence-corrected chi connectivity index (χ3v) is 7.62. The van der Waals surface area contributed by atoms with Crippen LogP contribution in [0.2, 0.25) is 0 Å². The Balaban J connectivity index is 1.71. The van der Waals surface area contributed by atoms with Crippen molar-refractivity contribution in [2.75, 3.05) is 43.9 Å². The molecule has 0 aromatic heterocycles. The van der Waals surface area contributed by atoms with Crippen LogP contribution in [0.15, 0.2) is 82.6 Å². The van der Waals surface area contributed by atoms with Gasteiger partial charge in [-0.3, -0.25) is 4.79 Å². The molecule has 3 aromatic carbocycles. The second kappa shape index (κ2) is 12.9. The van der Waals surface area contributed by atoms with Crippen molar-refractivity contribution in [3.05, 3.63) is 78.4 Å². The molecular weight excluding hydrogens is 492 g/mol. The summed E-state index contributed by atoms with van der Waals surface area (Å²) in [6.07, 6.45) is 0. The molecule has 9 nitrogen and oxygen atoms in total. The zero-order valence-electron chi connectivity index (χ0n) is 21.2. The maximum atomic E-state index is 13.1. The highest BCUT2D eigenvalue weighted by molar-refractivity contribution is 7.91. The lowest BCUT2D eigenvalue weighted by Gasteiger charge is -2.18. The number of carbonyl (C=O) groups is 2. The third kappa shape index (κ3) is 7.08. The van der Waals surface area contributed by atoms with E-state index >= 15 is 0 Å². The lowest BCUT2D eigenvalue weighted by Crippen LogP contribution is -2.34. The van der Waals surface area contributed by atoms with Crippen molar-refractivity contribution in [1.29, 1.82) is 0 Å². The van der Waals surface area contributed by atoms with Gasteiger partial charge in [0.05, 0.1) is 28.2 Å². The zero-order valence-corrected chi connectivity index (χ0v) is 22.0. The number of amides is 3. The number of hydrogen-bond acceptors (Lipinski definition) is 6. The number of para-hydroxylation sites is 1. The zero-order chi connectivity index (χ0) is 26.8. The van der Waals surface area contributed by atoms with E-state index in [2.05, 4.69) is 34.7 Å². The van der Waals surface area contributed by atoms with Gasteiger partial charge in [-0.25, -0.2) is 13.2 Å². The molecule has 3 aromatic rings. The molecule has 0 spiro atoms. The molecule has 0 atom stereocenters. The van der Waals surface area contributed by atoms with Crippen LogP contribution in [-0.2, 0) is 9.84 Å². The molecule has 0 unspecified atom stereocenters. The fraction of sp³-hybridized carbons (Fsp3) is 0.259. The molecule has 37 heavy (non-hydrogen) atoms. The minimum atomic E-state index is -3.84. The van der Waals surface area contributed by atoms with Gasteiger partial charge in [0.1, 0.15) is 5.75 Å². The maximum Gasteiger partial charge on any atom is 0.323 e. The van der Waals surface area contributed by atoms with Crippen LogP contribution in [0.5, 0.6) is 5.75 Å². The van der Waals surface area contributed by atoms with Gasteiger partial charge >= 0.3 is 6.03 Å². The van der Waals surface area contributed by atoms with Gasteiger partial charge in [-0.05, 0) is 49.5 Å². The number of ether oxygens (including phenoxy) is 1. The van der Waals surface area contributed by atoms with Crippen LogP contribution >= 0.6 is 0 Å². The van der Waals surface area contributed by atoms with Crippen LogP contribution in [0.3, 0.4) is 0 Å². The molecule has 3 N–H and O–H groups in total. The number of anilines is 2. The van der Waals surface area contributed by atoms with Crippen molar-refractivity contribution in [2.45, 2.75) is 23.6 Å². The highest BCUT2D eigenvalue weighted by atomic mass is 32.2. The quantitative estimate of drug-likeness (QED) is 0.345. The molecule has 3 amide bonds. The van der Waals surface area contributed by atoms with Crippen molar-refractivity contribution in [3.8, 4) is 5.75 Å². The molecule has 0 heterocycles. The number of hydrogen-bond donors (Lipinski definition) is 3. The molecular formula is C27H32N4O5S. The van der Waals surface area contributed by atoms with Gasteiger partial charge in [-0.15, -0.1) is 0 Å². The van der Waals surface area contributed by atoms with E-state index in [4.69, 9.17) is 4.74 Å². The number of methoxy groups -OCH3 is 1. The van der Waals surface area contributed by atoms with Crippen LogP contribution < -0.4 is 20.7 Å². The number of sulfone groups is 1. The number of urea groups is 1. The third-order valence-electron chi connectivity index (χ3n) is 5.79.